The normalized spacial score (nSPS) is 15.8. The summed E-state index contributed by atoms with van der Waals surface area (Å²) in [4.78, 5) is 13.4. The Morgan fingerprint density at radius 2 is 2.11 bits per heavy atom. The van der Waals surface area contributed by atoms with E-state index in [1.54, 1.807) is 19.1 Å². The number of ether oxygens (including phenoxy) is 1. The van der Waals surface area contributed by atoms with E-state index < -0.39 is 5.97 Å². The standard InChI is InChI=1S/C14H19NO3/c1-11-4-5-12(10-13(11)14(16)17)18-9-8-15-6-2-3-7-15/h4-5,10H,2-3,6-9H2,1H3,(H,16,17). The van der Waals surface area contributed by atoms with Crippen LogP contribution < -0.4 is 4.74 Å². The zero-order valence-corrected chi connectivity index (χ0v) is 10.7. The van der Waals surface area contributed by atoms with E-state index in [1.807, 2.05) is 6.07 Å². The fraction of sp³-hybridized carbons (Fsp3) is 0.500. The van der Waals surface area contributed by atoms with E-state index in [1.165, 1.54) is 12.8 Å². The number of carboxylic acid groups (broad SMARTS) is 1. The molecule has 4 nitrogen and oxygen atoms in total. The molecule has 18 heavy (non-hydrogen) atoms. The number of aromatic carboxylic acids is 1. The number of carbonyl (C=O) groups is 1. The minimum Gasteiger partial charge on any atom is -0.492 e. The van der Waals surface area contributed by atoms with Crippen molar-refractivity contribution in [3.63, 3.8) is 0 Å². The number of hydrogen-bond donors (Lipinski definition) is 1. The molecular weight excluding hydrogens is 230 g/mol. The van der Waals surface area contributed by atoms with Crippen LogP contribution in [0.2, 0.25) is 0 Å². The van der Waals surface area contributed by atoms with Crippen molar-refractivity contribution in [1.82, 2.24) is 4.90 Å². The Morgan fingerprint density at radius 1 is 1.39 bits per heavy atom. The Bertz CT molecular complexity index is 425. The third-order valence-electron chi connectivity index (χ3n) is 3.31. The lowest BCUT2D eigenvalue weighted by Crippen LogP contribution is -2.25. The zero-order valence-electron chi connectivity index (χ0n) is 10.7. The molecule has 1 heterocycles. The third-order valence-corrected chi connectivity index (χ3v) is 3.31. The molecule has 1 aliphatic rings. The summed E-state index contributed by atoms with van der Waals surface area (Å²) < 4.78 is 5.61. The average Bonchev–Trinajstić information content (AvgIpc) is 2.84. The van der Waals surface area contributed by atoms with E-state index in [0.717, 1.165) is 25.2 Å². The maximum absolute atomic E-state index is 11.0. The van der Waals surface area contributed by atoms with Gasteiger partial charge in [-0.15, -0.1) is 0 Å². The number of aryl methyl sites for hydroxylation is 1. The number of likely N-dealkylation sites (tertiary alicyclic amines) is 1. The summed E-state index contributed by atoms with van der Waals surface area (Å²) in [5.41, 5.74) is 1.07. The molecule has 1 aromatic carbocycles. The first-order chi connectivity index (χ1) is 8.66. The van der Waals surface area contributed by atoms with Crippen LogP contribution in [-0.2, 0) is 0 Å². The van der Waals surface area contributed by atoms with Crippen LogP contribution in [0.5, 0.6) is 5.75 Å². The Morgan fingerprint density at radius 3 is 2.78 bits per heavy atom. The van der Waals surface area contributed by atoms with E-state index in [9.17, 15) is 4.79 Å². The van der Waals surface area contributed by atoms with Crippen molar-refractivity contribution in [2.24, 2.45) is 0 Å². The summed E-state index contributed by atoms with van der Waals surface area (Å²) >= 11 is 0. The molecule has 0 radical (unpaired) electrons. The summed E-state index contributed by atoms with van der Waals surface area (Å²) in [5, 5.41) is 9.02. The highest BCUT2D eigenvalue weighted by Gasteiger charge is 2.11. The van der Waals surface area contributed by atoms with Crippen LogP contribution in [0, 0.1) is 6.92 Å². The summed E-state index contributed by atoms with van der Waals surface area (Å²) in [6, 6.07) is 5.21. The molecule has 98 valence electrons. The van der Waals surface area contributed by atoms with E-state index in [4.69, 9.17) is 9.84 Å². The second kappa shape index (κ2) is 5.87. The number of nitrogens with zero attached hydrogens (tertiary/aromatic N) is 1. The first-order valence-corrected chi connectivity index (χ1v) is 6.36. The van der Waals surface area contributed by atoms with Crippen LogP contribution in [0.25, 0.3) is 0 Å². The van der Waals surface area contributed by atoms with Gasteiger partial charge >= 0.3 is 5.97 Å². The second-order valence-corrected chi connectivity index (χ2v) is 4.68. The fourth-order valence-corrected chi connectivity index (χ4v) is 2.22. The van der Waals surface area contributed by atoms with Gasteiger partial charge in [-0.05, 0) is 50.6 Å². The lowest BCUT2D eigenvalue weighted by atomic mass is 10.1. The second-order valence-electron chi connectivity index (χ2n) is 4.68. The van der Waals surface area contributed by atoms with Gasteiger partial charge in [-0.3, -0.25) is 4.90 Å². The molecule has 0 bridgehead atoms. The molecule has 0 saturated carbocycles. The van der Waals surface area contributed by atoms with Crippen molar-refractivity contribution < 1.29 is 14.6 Å². The van der Waals surface area contributed by atoms with E-state index >= 15 is 0 Å². The van der Waals surface area contributed by atoms with Crippen LogP contribution in [-0.4, -0.2) is 42.2 Å². The predicted molar refractivity (Wildman–Crippen MR) is 69.3 cm³/mol. The summed E-state index contributed by atoms with van der Waals surface area (Å²) in [5.74, 6) is -0.269. The highest BCUT2D eigenvalue weighted by atomic mass is 16.5. The van der Waals surface area contributed by atoms with Crippen molar-refractivity contribution in [1.29, 1.82) is 0 Å². The largest absolute Gasteiger partial charge is 0.492 e. The predicted octanol–water partition coefficient (Wildman–Crippen LogP) is 2.17. The number of hydrogen-bond acceptors (Lipinski definition) is 3. The quantitative estimate of drug-likeness (QED) is 0.869. The lowest BCUT2D eigenvalue weighted by Gasteiger charge is -2.15. The van der Waals surface area contributed by atoms with Crippen molar-refractivity contribution in [3.05, 3.63) is 29.3 Å². The maximum Gasteiger partial charge on any atom is 0.336 e. The van der Waals surface area contributed by atoms with Gasteiger partial charge in [0, 0.05) is 6.54 Å². The van der Waals surface area contributed by atoms with Crippen LogP contribution in [0.3, 0.4) is 0 Å². The van der Waals surface area contributed by atoms with E-state index in [0.29, 0.717) is 17.9 Å². The summed E-state index contributed by atoms with van der Waals surface area (Å²) in [7, 11) is 0. The monoisotopic (exact) mass is 249 g/mol. The average molecular weight is 249 g/mol. The molecule has 1 aromatic rings. The molecule has 0 aromatic heterocycles. The van der Waals surface area contributed by atoms with Gasteiger partial charge in [-0.25, -0.2) is 4.79 Å². The van der Waals surface area contributed by atoms with Gasteiger partial charge in [-0.2, -0.15) is 0 Å². The Balaban J connectivity index is 1.88. The SMILES string of the molecule is Cc1ccc(OCCN2CCCC2)cc1C(=O)O. The number of carboxylic acids is 1. The van der Waals surface area contributed by atoms with Gasteiger partial charge in [0.05, 0.1) is 5.56 Å². The molecular formula is C14H19NO3. The van der Waals surface area contributed by atoms with Crippen LogP contribution in [0.15, 0.2) is 18.2 Å². The molecule has 0 spiro atoms. The van der Waals surface area contributed by atoms with Gasteiger partial charge in [0.2, 0.25) is 0 Å². The van der Waals surface area contributed by atoms with Gasteiger partial charge in [0.25, 0.3) is 0 Å². The molecule has 1 saturated heterocycles. The summed E-state index contributed by atoms with van der Waals surface area (Å²) in [6.45, 7) is 5.62. The molecule has 0 amide bonds. The van der Waals surface area contributed by atoms with Crippen LogP contribution in [0.1, 0.15) is 28.8 Å². The van der Waals surface area contributed by atoms with Crippen molar-refractivity contribution in [3.8, 4) is 5.75 Å². The number of benzene rings is 1. The Kier molecular flexibility index (Phi) is 4.20. The Labute approximate surface area is 107 Å². The number of rotatable bonds is 5. The zero-order chi connectivity index (χ0) is 13.0. The highest BCUT2D eigenvalue weighted by Crippen LogP contribution is 2.17. The minimum atomic E-state index is -0.905. The first kappa shape index (κ1) is 12.9. The molecule has 0 atom stereocenters. The summed E-state index contributed by atoms with van der Waals surface area (Å²) in [6.07, 6.45) is 2.54. The molecule has 0 unspecified atom stereocenters. The molecule has 1 N–H and O–H groups in total. The molecule has 4 heteroatoms. The first-order valence-electron chi connectivity index (χ1n) is 6.36. The smallest absolute Gasteiger partial charge is 0.336 e. The van der Waals surface area contributed by atoms with Gasteiger partial charge < -0.3 is 9.84 Å². The van der Waals surface area contributed by atoms with E-state index in [2.05, 4.69) is 4.90 Å². The van der Waals surface area contributed by atoms with Crippen molar-refractivity contribution in [2.45, 2.75) is 19.8 Å². The van der Waals surface area contributed by atoms with Crippen molar-refractivity contribution >= 4 is 5.97 Å². The fourth-order valence-electron chi connectivity index (χ4n) is 2.22. The van der Waals surface area contributed by atoms with Gasteiger partial charge in [-0.1, -0.05) is 6.07 Å². The van der Waals surface area contributed by atoms with Crippen molar-refractivity contribution in [2.75, 3.05) is 26.2 Å². The van der Waals surface area contributed by atoms with Crippen LogP contribution in [0.4, 0.5) is 0 Å². The third kappa shape index (κ3) is 3.23. The molecule has 2 rings (SSSR count). The van der Waals surface area contributed by atoms with E-state index in [-0.39, 0.29) is 0 Å². The lowest BCUT2D eigenvalue weighted by molar-refractivity contribution is 0.0695. The molecule has 1 aliphatic heterocycles. The molecule has 1 fully saturated rings. The highest BCUT2D eigenvalue weighted by molar-refractivity contribution is 5.89. The van der Waals surface area contributed by atoms with Gasteiger partial charge in [0.15, 0.2) is 0 Å². The Hall–Kier alpha value is -1.55. The molecule has 0 aliphatic carbocycles. The topological polar surface area (TPSA) is 49.8 Å². The minimum absolute atomic E-state index is 0.314. The van der Waals surface area contributed by atoms with Crippen LogP contribution >= 0.6 is 0 Å². The maximum atomic E-state index is 11.0. The van der Waals surface area contributed by atoms with Gasteiger partial charge in [0.1, 0.15) is 12.4 Å².